The lowest BCUT2D eigenvalue weighted by Crippen LogP contribution is -1.99. The predicted octanol–water partition coefficient (Wildman–Crippen LogP) is 3.06. The van der Waals surface area contributed by atoms with Crippen LogP contribution in [0.4, 0.5) is 10.1 Å². The molecular formula is C13H12FN3. The van der Waals surface area contributed by atoms with Crippen molar-refractivity contribution in [1.82, 2.24) is 4.98 Å². The van der Waals surface area contributed by atoms with E-state index in [1.54, 1.807) is 24.5 Å². The summed E-state index contributed by atoms with van der Waals surface area (Å²) in [4.78, 5) is 3.94. The SMILES string of the molecule is C/C(=N/Nc1ccc(F)cc1)c1ccncc1. The van der Waals surface area contributed by atoms with Crippen molar-refractivity contribution in [3.05, 3.63) is 60.2 Å². The van der Waals surface area contributed by atoms with Gasteiger partial charge in [-0.2, -0.15) is 5.10 Å². The van der Waals surface area contributed by atoms with Gasteiger partial charge < -0.3 is 0 Å². The van der Waals surface area contributed by atoms with Crippen molar-refractivity contribution >= 4 is 11.4 Å². The number of rotatable bonds is 3. The fourth-order valence-electron chi connectivity index (χ4n) is 1.33. The maximum Gasteiger partial charge on any atom is 0.123 e. The quantitative estimate of drug-likeness (QED) is 0.648. The molecule has 0 atom stereocenters. The second-order valence-corrected chi connectivity index (χ2v) is 3.55. The molecule has 4 heteroatoms. The van der Waals surface area contributed by atoms with Crippen LogP contribution < -0.4 is 5.43 Å². The van der Waals surface area contributed by atoms with Crippen molar-refractivity contribution in [1.29, 1.82) is 0 Å². The lowest BCUT2D eigenvalue weighted by atomic mass is 10.2. The van der Waals surface area contributed by atoms with E-state index in [1.165, 1.54) is 12.1 Å². The van der Waals surface area contributed by atoms with Crippen LogP contribution in [0.2, 0.25) is 0 Å². The van der Waals surface area contributed by atoms with E-state index in [0.29, 0.717) is 0 Å². The molecule has 86 valence electrons. The molecule has 2 aromatic rings. The topological polar surface area (TPSA) is 37.3 Å². The molecule has 0 bridgehead atoms. The molecule has 1 aromatic heterocycles. The van der Waals surface area contributed by atoms with Gasteiger partial charge in [0.2, 0.25) is 0 Å². The van der Waals surface area contributed by atoms with Crippen molar-refractivity contribution in [2.45, 2.75) is 6.92 Å². The number of hydrogen-bond acceptors (Lipinski definition) is 3. The van der Waals surface area contributed by atoms with Crippen molar-refractivity contribution in [2.75, 3.05) is 5.43 Å². The highest BCUT2D eigenvalue weighted by Gasteiger charge is 1.96. The monoisotopic (exact) mass is 229 g/mol. The van der Waals surface area contributed by atoms with Crippen LogP contribution >= 0.6 is 0 Å². The van der Waals surface area contributed by atoms with E-state index in [2.05, 4.69) is 15.5 Å². The summed E-state index contributed by atoms with van der Waals surface area (Å²) in [7, 11) is 0. The second-order valence-electron chi connectivity index (χ2n) is 3.55. The molecule has 0 radical (unpaired) electrons. The molecule has 3 nitrogen and oxygen atoms in total. The Morgan fingerprint density at radius 2 is 1.76 bits per heavy atom. The number of nitrogens with zero attached hydrogens (tertiary/aromatic N) is 2. The first-order valence-corrected chi connectivity index (χ1v) is 5.22. The van der Waals surface area contributed by atoms with Gasteiger partial charge in [-0.3, -0.25) is 10.4 Å². The molecule has 1 heterocycles. The van der Waals surface area contributed by atoms with Gasteiger partial charge in [-0.05, 0) is 43.3 Å². The van der Waals surface area contributed by atoms with Gasteiger partial charge in [-0.15, -0.1) is 0 Å². The van der Waals surface area contributed by atoms with Crippen LogP contribution in [0.3, 0.4) is 0 Å². The molecule has 1 N–H and O–H groups in total. The largest absolute Gasteiger partial charge is 0.278 e. The number of anilines is 1. The third kappa shape index (κ3) is 3.11. The van der Waals surface area contributed by atoms with Crippen LogP contribution in [-0.2, 0) is 0 Å². The summed E-state index contributed by atoms with van der Waals surface area (Å²) >= 11 is 0. The maximum absolute atomic E-state index is 12.7. The Labute approximate surface area is 99.0 Å². The molecule has 0 saturated carbocycles. The van der Waals surface area contributed by atoms with Crippen molar-refractivity contribution < 1.29 is 4.39 Å². The Kier molecular flexibility index (Phi) is 3.45. The Morgan fingerprint density at radius 3 is 2.41 bits per heavy atom. The van der Waals surface area contributed by atoms with Crippen molar-refractivity contribution in [3.63, 3.8) is 0 Å². The van der Waals surface area contributed by atoms with Crippen LogP contribution in [0.25, 0.3) is 0 Å². The number of halogens is 1. The summed E-state index contributed by atoms with van der Waals surface area (Å²) in [6.45, 7) is 1.89. The van der Waals surface area contributed by atoms with Crippen molar-refractivity contribution in [3.8, 4) is 0 Å². The van der Waals surface area contributed by atoms with E-state index in [-0.39, 0.29) is 5.82 Å². The molecule has 0 fully saturated rings. The Balaban J connectivity index is 2.08. The zero-order valence-corrected chi connectivity index (χ0v) is 9.39. The number of benzene rings is 1. The van der Waals surface area contributed by atoms with E-state index < -0.39 is 0 Å². The number of hydrazone groups is 1. The van der Waals surface area contributed by atoms with E-state index in [1.807, 2.05) is 19.1 Å². The average Bonchev–Trinajstić information content (AvgIpc) is 2.39. The fourth-order valence-corrected chi connectivity index (χ4v) is 1.33. The predicted molar refractivity (Wildman–Crippen MR) is 66.5 cm³/mol. The highest BCUT2D eigenvalue weighted by Crippen LogP contribution is 2.08. The Hall–Kier alpha value is -2.23. The zero-order valence-electron chi connectivity index (χ0n) is 9.39. The molecule has 17 heavy (non-hydrogen) atoms. The standard InChI is InChI=1S/C13H12FN3/c1-10(11-6-8-15-9-7-11)16-17-13-4-2-12(14)3-5-13/h2-9,17H,1H3/b16-10-. The second kappa shape index (κ2) is 5.21. The molecular weight excluding hydrogens is 217 g/mol. The van der Waals surface area contributed by atoms with Gasteiger partial charge in [-0.1, -0.05) is 0 Å². The molecule has 0 spiro atoms. The van der Waals surface area contributed by atoms with Gasteiger partial charge in [0.1, 0.15) is 5.82 Å². The molecule has 0 unspecified atom stereocenters. The molecule has 0 amide bonds. The summed E-state index contributed by atoms with van der Waals surface area (Å²) < 4.78 is 12.7. The summed E-state index contributed by atoms with van der Waals surface area (Å²) in [5, 5.41) is 4.21. The third-order valence-electron chi connectivity index (χ3n) is 2.30. The van der Waals surface area contributed by atoms with Gasteiger partial charge in [-0.25, -0.2) is 4.39 Å². The van der Waals surface area contributed by atoms with Crippen LogP contribution in [0.15, 0.2) is 53.9 Å². The van der Waals surface area contributed by atoms with Gasteiger partial charge in [0.25, 0.3) is 0 Å². The number of hydrogen-bond donors (Lipinski definition) is 1. The summed E-state index contributed by atoms with van der Waals surface area (Å²) in [5.41, 5.74) is 5.46. The van der Waals surface area contributed by atoms with Crippen LogP contribution in [-0.4, -0.2) is 10.7 Å². The molecule has 0 saturated heterocycles. The van der Waals surface area contributed by atoms with E-state index in [0.717, 1.165) is 17.0 Å². The lowest BCUT2D eigenvalue weighted by molar-refractivity contribution is 0.628. The minimum atomic E-state index is -0.259. The highest BCUT2D eigenvalue weighted by atomic mass is 19.1. The number of pyridine rings is 1. The fraction of sp³-hybridized carbons (Fsp3) is 0.0769. The first-order valence-electron chi connectivity index (χ1n) is 5.22. The van der Waals surface area contributed by atoms with Gasteiger partial charge in [0.05, 0.1) is 11.4 Å². The Morgan fingerprint density at radius 1 is 1.12 bits per heavy atom. The maximum atomic E-state index is 12.7. The van der Waals surface area contributed by atoms with Crippen LogP contribution in [0.5, 0.6) is 0 Å². The first kappa shape index (κ1) is 11.3. The minimum Gasteiger partial charge on any atom is -0.278 e. The van der Waals surface area contributed by atoms with Gasteiger partial charge in [0, 0.05) is 18.0 Å². The minimum absolute atomic E-state index is 0.259. The normalized spacial score (nSPS) is 11.3. The van der Waals surface area contributed by atoms with E-state index >= 15 is 0 Å². The van der Waals surface area contributed by atoms with E-state index in [4.69, 9.17) is 0 Å². The summed E-state index contributed by atoms with van der Waals surface area (Å²) in [6.07, 6.45) is 3.43. The molecule has 0 aliphatic rings. The van der Waals surface area contributed by atoms with E-state index in [9.17, 15) is 4.39 Å². The van der Waals surface area contributed by atoms with Gasteiger partial charge >= 0.3 is 0 Å². The summed E-state index contributed by atoms with van der Waals surface area (Å²) in [6, 6.07) is 9.81. The number of aromatic nitrogens is 1. The average molecular weight is 229 g/mol. The highest BCUT2D eigenvalue weighted by molar-refractivity contribution is 5.98. The van der Waals surface area contributed by atoms with Crippen LogP contribution in [0.1, 0.15) is 12.5 Å². The van der Waals surface area contributed by atoms with Crippen molar-refractivity contribution in [2.24, 2.45) is 5.10 Å². The summed E-state index contributed by atoms with van der Waals surface area (Å²) in [5.74, 6) is -0.259. The smallest absolute Gasteiger partial charge is 0.123 e. The zero-order chi connectivity index (χ0) is 12.1. The number of nitrogens with one attached hydrogen (secondary N) is 1. The molecule has 1 aromatic carbocycles. The van der Waals surface area contributed by atoms with Gasteiger partial charge in [0.15, 0.2) is 0 Å². The lowest BCUT2D eigenvalue weighted by Gasteiger charge is -2.03. The molecule has 0 aliphatic carbocycles. The molecule has 0 aliphatic heterocycles. The third-order valence-corrected chi connectivity index (χ3v) is 2.30. The van der Waals surface area contributed by atoms with Crippen LogP contribution in [0, 0.1) is 5.82 Å². The first-order chi connectivity index (χ1) is 8.25. The Bertz CT molecular complexity index is 506. The molecule has 2 rings (SSSR count).